The lowest BCUT2D eigenvalue weighted by atomic mass is 9.92. The number of hydrogen-bond acceptors (Lipinski definition) is 0. The van der Waals surface area contributed by atoms with E-state index in [1.54, 1.807) is 0 Å². The van der Waals surface area contributed by atoms with Gasteiger partial charge in [0.2, 0.25) is 0 Å². The van der Waals surface area contributed by atoms with Gasteiger partial charge in [0.05, 0.1) is 0 Å². The normalized spacial score (nSPS) is 18.0. The van der Waals surface area contributed by atoms with Gasteiger partial charge in [0.1, 0.15) is 0 Å². The lowest BCUT2D eigenvalue weighted by molar-refractivity contribution is 0.369. The van der Waals surface area contributed by atoms with E-state index in [2.05, 4.69) is 27.4 Å². The van der Waals surface area contributed by atoms with Crippen molar-refractivity contribution >= 4 is 8.58 Å². The first kappa shape index (κ1) is 10.4. The molecule has 0 amide bonds. The highest BCUT2D eigenvalue weighted by Crippen LogP contribution is 2.20. The largest absolute Gasteiger partial charge is 0.125 e. The highest BCUT2D eigenvalue weighted by atomic mass is 31.1. The average molecular weight is 160 g/mol. The lowest BCUT2D eigenvalue weighted by Crippen LogP contribution is -2.07. The Hall–Kier alpha value is 0.430. The predicted octanol–water partition coefficient (Wildman–Crippen LogP) is 3.37. The Morgan fingerprint density at radius 2 is 1.80 bits per heavy atom. The summed E-state index contributed by atoms with van der Waals surface area (Å²) in [5.41, 5.74) is 0. The van der Waals surface area contributed by atoms with E-state index in [1.165, 1.54) is 19.0 Å². The van der Waals surface area contributed by atoms with Crippen molar-refractivity contribution in [3.63, 3.8) is 0 Å². The molecule has 0 N–H and O–H groups in total. The Morgan fingerprint density at radius 1 is 1.20 bits per heavy atom. The van der Waals surface area contributed by atoms with E-state index in [4.69, 9.17) is 0 Å². The zero-order valence-corrected chi connectivity index (χ0v) is 8.78. The van der Waals surface area contributed by atoms with Gasteiger partial charge < -0.3 is 0 Å². The second-order valence-electron chi connectivity index (χ2n) is 3.26. The highest BCUT2D eigenvalue weighted by Gasteiger charge is 2.08. The summed E-state index contributed by atoms with van der Waals surface area (Å²) < 4.78 is 0. The fourth-order valence-corrected chi connectivity index (χ4v) is 1.80. The summed E-state index contributed by atoms with van der Waals surface area (Å²) in [5, 5.41) is 0. The molecule has 0 aliphatic rings. The molecule has 0 aliphatic carbocycles. The lowest BCUT2D eigenvalue weighted by Gasteiger charge is -2.17. The second kappa shape index (κ2) is 6.16. The zero-order valence-electron chi connectivity index (χ0n) is 7.78. The molecule has 3 unspecified atom stereocenters. The van der Waals surface area contributed by atoms with Crippen LogP contribution in [0.2, 0.25) is 0 Å². The van der Waals surface area contributed by atoms with Crippen molar-refractivity contribution < 1.29 is 0 Å². The van der Waals surface area contributed by atoms with Crippen LogP contribution in [0.4, 0.5) is 0 Å². The first-order chi connectivity index (χ1) is 4.72. The summed E-state index contributed by atoms with van der Waals surface area (Å²) in [6.45, 7) is 9.33. The molecule has 0 bridgehead atoms. The van der Waals surface area contributed by atoms with E-state index in [9.17, 15) is 0 Å². The van der Waals surface area contributed by atoms with Gasteiger partial charge in [-0.05, 0) is 31.1 Å². The minimum Gasteiger partial charge on any atom is -0.125 e. The van der Waals surface area contributed by atoms with Gasteiger partial charge in [-0.1, -0.05) is 27.2 Å². The molecule has 62 valence electrons. The summed E-state index contributed by atoms with van der Waals surface area (Å²) in [4.78, 5) is 0. The van der Waals surface area contributed by atoms with E-state index in [0.717, 1.165) is 20.4 Å². The number of rotatable bonds is 5. The topological polar surface area (TPSA) is 0 Å². The van der Waals surface area contributed by atoms with Crippen molar-refractivity contribution in [2.75, 3.05) is 12.8 Å². The Kier molecular flexibility index (Phi) is 6.43. The van der Waals surface area contributed by atoms with Gasteiger partial charge in [-0.15, -0.1) is 8.58 Å². The molecule has 0 rings (SSSR count). The first-order valence-electron chi connectivity index (χ1n) is 4.37. The summed E-state index contributed by atoms with van der Waals surface area (Å²) in [6.07, 6.45) is 4.21. The predicted molar refractivity (Wildman–Crippen MR) is 52.3 cm³/mol. The maximum atomic E-state index is 2.38. The van der Waals surface area contributed by atoms with Crippen LogP contribution in [0.3, 0.4) is 0 Å². The van der Waals surface area contributed by atoms with E-state index < -0.39 is 0 Å². The quantitative estimate of drug-likeness (QED) is 0.541. The van der Waals surface area contributed by atoms with Crippen molar-refractivity contribution in [2.24, 2.45) is 11.8 Å². The van der Waals surface area contributed by atoms with Crippen LogP contribution >= 0.6 is 8.58 Å². The fraction of sp³-hybridized carbons (Fsp3) is 1.00. The smallest absolute Gasteiger partial charge is 0.0353 e. The molecule has 0 aromatic heterocycles. The molecule has 0 aromatic rings. The second-order valence-corrected chi connectivity index (χ2v) is 4.46. The maximum absolute atomic E-state index is 2.38. The Morgan fingerprint density at radius 3 is 2.20 bits per heavy atom. The van der Waals surface area contributed by atoms with E-state index >= 15 is 0 Å². The molecule has 1 heteroatoms. The minimum atomic E-state index is 0.927. The highest BCUT2D eigenvalue weighted by molar-refractivity contribution is 7.36. The molecule has 10 heavy (non-hydrogen) atoms. The monoisotopic (exact) mass is 160 g/mol. The third-order valence-corrected chi connectivity index (χ3v) is 3.25. The molecule has 0 heterocycles. The molecule has 0 aromatic carbocycles. The molecule has 0 nitrogen and oxygen atoms in total. The summed E-state index contributed by atoms with van der Waals surface area (Å²) in [7, 11) is 1.14. The van der Waals surface area contributed by atoms with Crippen LogP contribution in [0.25, 0.3) is 0 Å². The van der Waals surface area contributed by atoms with Crippen LogP contribution in [0.15, 0.2) is 0 Å². The van der Waals surface area contributed by atoms with Gasteiger partial charge >= 0.3 is 0 Å². The third-order valence-electron chi connectivity index (χ3n) is 2.47. The van der Waals surface area contributed by atoms with Gasteiger partial charge in [-0.25, -0.2) is 0 Å². The van der Waals surface area contributed by atoms with Crippen LogP contribution < -0.4 is 0 Å². The molecule has 3 atom stereocenters. The van der Waals surface area contributed by atoms with E-state index in [1.807, 2.05) is 0 Å². The molecule has 0 saturated carbocycles. The van der Waals surface area contributed by atoms with Gasteiger partial charge in [0.25, 0.3) is 0 Å². The van der Waals surface area contributed by atoms with Crippen LogP contribution in [0.5, 0.6) is 0 Å². The molecule has 0 aliphatic heterocycles. The standard InChI is InChI=1S/C9H21P/c1-5-8(2)9(3)6-7-10-4/h8-10H,5-7H2,1-4H3. The van der Waals surface area contributed by atoms with Crippen molar-refractivity contribution in [3.05, 3.63) is 0 Å². The average Bonchev–Trinajstić information content (AvgIpc) is 1.98. The molecule has 0 radical (unpaired) electrons. The van der Waals surface area contributed by atoms with Gasteiger partial charge in [0, 0.05) is 0 Å². The Labute approximate surface area is 67.6 Å². The summed E-state index contributed by atoms with van der Waals surface area (Å²) in [5.74, 6) is 1.87. The SMILES string of the molecule is CCC(C)C(C)CCPC. The first-order valence-corrected chi connectivity index (χ1v) is 6.07. The minimum absolute atomic E-state index is 0.927. The van der Waals surface area contributed by atoms with E-state index in [-0.39, 0.29) is 0 Å². The number of hydrogen-bond donors (Lipinski definition) is 0. The van der Waals surface area contributed by atoms with E-state index in [0.29, 0.717) is 0 Å². The van der Waals surface area contributed by atoms with Crippen molar-refractivity contribution in [1.29, 1.82) is 0 Å². The van der Waals surface area contributed by atoms with Crippen LogP contribution in [0.1, 0.15) is 33.6 Å². The molecular formula is C9H21P. The van der Waals surface area contributed by atoms with Crippen LogP contribution in [0, 0.1) is 11.8 Å². The maximum Gasteiger partial charge on any atom is -0.0353 e. The van der Waals surface area contributed by atoms with Crippen molar-refractivity contribution in [2.45, 2.75) is 33.6 Å². The Balaban J connectivity index is 3.31. The molecule has 0 saturated heterocycles. The van der Waals surface area contributed by atoms with Crippen LogP contribution in [-0.2, 0) is 0 Å². The van der Waals surface area contributed by atoms with Gasteiger partial charge in [0.15, 0.2) is 0 Å². The zero-order chi connectivity index (χ0) is 7.98. The van der Waals surface area contributed by atoms with Crippen molar-refractivity contribution in [1.82, 2.24) is 0 Å². The summed E-state index contributed by atoms with van der Waals surface area (Å²) in [6, 6.07) is 0. The third kappa shape index (κ3) is 4.28. The van der Waals surface area contributed by atoms with Gasteiger partial charge in [-0.2, -0.15) is 0 Å². The van der Waals surface area contributed by atoms with Gasteiger partial charge in [-0.3, -0.25) is 0 Å². The van der Waals surface area contributed by atoms with Crippen molar-refractivity contribution in [3.8, 4) is 0 Å². The fourth-order valence-electron chi connectivity index (χ4n) is 1.06. The molecular weight excluding hydrogens is 139 g/mol. The molecule has 0 fully saturated rings. The summed E-state index contributed by atoms with van der Waals surface area (Å²) >= 11 is 0. The molecule has 0 spiro atoms. The Bertz CT molecular complexity index is 71.1. The van der Waals surface area contributed by atoms with Crippen LogP contribution in [-0.4, -0.2) is 12.8 Å².